The van der Waals surface area contributed by atoms with Gasteiger partial charge in [0.15, 0.2) is 0 Å². The normalized spacial score (nSPS) is 12.1. The SMILES string of the molecule is C/C=C\C=C(/N)c1ccccc1.C=C(/C=C\C=C/CC)c1cc(-c2ccc3[nH]c(/C=C\CC)c(C)c3c2)ccc1NC. The van der Waals surface area contributed by atoms with E-state index in [4.69, 9.17) is 5.73 Å². The molecular formula is C39H45N3. The standard InChI is InChI=1S/C28H32N2.C11H13N/c1-6-8-10-11-12-20(3)24-18-22(14-16-27(24)29-5)23-15-17-28-25(19-23)21(4)26(30-28)13-9-7-2;1-2-3-9-11(12)10-7-5-4-6-8-10/h8-19,29-30H,3,6-7H2,1-2,4-5H3;2-9H,12H2,1H3/b10-8-,12-11-,13-9-;3-2-,11-9-. The number of aromatic nitrogens is 1. The van der Waals surface area contributed by atoms with Crippen molar-refractivity contribution in [3.8, 4) is 11.1 Å². The number of anilines is 1. The van der Waals surface area contributed by atoms with Crippen LogP contribution in [0.1, 0.15) is 56.0 Å². The number of nitrogens with one attached hydrogen (secondary N) is 2. The van der Waals surface area contributed by atoms with Gasteiger partial charge in [-0.05, 0) is 90.9 Å². The van der Waals surface area contributed by atoms with Crippen LogP contribution in [0, 0.1) is 6.92 Å². The summed E-state index contributed by atoms with van der Waals surface area (Å²) in [5.74, 6) is 0. The number of H-pyrrole nitrogens is 1. The van der Waals surface area contributed by atoms with Gasteiger partial charge in [-0.15, -0.1) is 0 Å². The summed E-state index contributed by atoms with van der Waals surface area (Å²) >= 11 is 0. The second kappa shape index (κ2) is 16.5. The number of aryl methyl sites for hydroxylation is 1. The monoisotopic (exact) mass is 555 g/mol. The molecule has 0 saturated heterocycles. The Kier molecular flexibility index (Phi) is 12.5. The maximum absolute atomic E-state index is 5.79. The summed E-state index contributed by atoms with van der Waals surface area (Å²) in [5, 5.41) is 4.56. The fourth-order valence-corrected chi connectivity index (χ4v) is 4.54. The second-order valence-corrected chi connectivity index (χ2v) is 9.98. The minimum atomic E-state index is 0.800. The lowest BCUT2D eigenvalue weighted by Crippen LogP contribution is -1.94. The zero-order valence-electron chi connectivity index (χ0n) is 25.7. The largest absolute Gasteiger partial charge is 0.398 e. The Morgan fingerprint density at radius 2 is 1.62 bits per heavy atom. The highest BCUT2D eigenvalue weighted by Gasteiger charge is 2.10. The molecule has 4 aromatic rings. The number of benzene rings is 3. The molecule has 0 bridgehead atoms. The molecule has 42 heavy (non-hydrogen) atoms. The molecule has 0 aliphatic heterocycles. The van der Waals surface area contributed by atoms with E-state index in [0.29, 0.717) is 0 Å². The molecule has 0 atom stereocenters. The molecule has 0 saturated carbocycles. The molecule has 1 heterocycles. The van der Waals surface area contributed by atoms with Crippen LogP contribution in [0.15, 0.2) is 122 Å². The topological polar surface area (TPSA) is 53.8 Å². The Morgan fingerprint density at radius 1 is 0.905 bits per heavy atom. The van der Waals surface area contributed by atoms with E-state index in [-0.39, 0.29) is 0 Å². The van der Waals surface area contributed by atoms with Crippen LogP contribution >= 0.6 is 0 Å². The zero-order valence-corrected chi connectivity index (χ0v) is 25.7. The quantitative estimate of drug-likeness (QED) is 0.170. The fraction of sp³-hybridized carbons (Fsp3) is 0.179. The maximum Gasteiger partial charge on any atom is 0.0461 e. The average Bonchev–Trinajstić information content (AvgIpc) is 3.35. The van der Waals surface area contributed by atoms with Gasteiger partial charge in [0.25, 0.3) is 0 Å². The van der Waals surface area contributed by atoms with E-state index in [1.165, 1.54) is 33.3 Å². The van der Waals surface area contributed by atoms with Crippen molar-refractivity contribution in [1.82, 2.24) is 4.98 Å². The minimum absolute atomic E-state index is 0.800. The smallest absolute Gasteiger partial charge is 0.0461 e. The van der Waals surface area contributed by atoms with Gasteiger partial charge >= 0.3 is 0 Å². The lowest BCUT2D eigenvalue weighted by atomic mass is 9.96. The van der Waals surface area contributed by atoms with Crippen molar-refractivity contribution in [1.29, 1.82) is 0 Å². The van der Waals surface area contributed by atoms with E-state index in [2.05, 4.69) is 111 Å². The molecule has 3 nitrogen and oxygen atoms in total. The van der Waals surface area contributed by atoms with Gasteiger partial charge in [0.05, 0.1) is 0 Å². The third-order valence-corrected chi connectivity index (χ3v) is 6.94. The van der Waals surface area contributed by atoms with Crippen LogP contribution in [0.5, 0.6) is 0 Å². The Morgan fingerprint density at radius 3 is 2.31 bits per heavy atom. The van der Waals surface area contributed by atoms with Gasteiger partial charge in [-0.1, -0.05) is 105 Å². The van der Waals surface area contributed by atoms with Gasteiger partial charge < -0.3 is 16.0 Å². The predicted molar refractivity (Wildman–Crippen MR) is 188 cm³/mol. The zero-order chi connectivity index (χ0) is 30.3. The number of rotatable bonds is 10. The number of hydrogen-bond acceptors (Lipinski definition) is 2. The van der Waals surface area contributed by atoms with Crippen LogP contribution in [0.3, 0.4) is 0 Å². The number of fused-ring (bicyclic) bond motifs is 1. The van der Waals surface area contributed by atoms with E-state index in [0.717, 1.165) is 40.9 Å². The van der Waals surface area contributed by atoms with Crippen LogP contribution < -0.4 is 11.1 Å². The second-order valence-electron chi connectivity index (χ2n) is 9.98. The highest BCUT2D eigenvalue weighted by molar-refractivity contribution is 5.92. The van der Waals surface area contributed by atoms with Gasteiger partial charge in [0.2, 0.25) is 0 Å². The summed E-state index contributed by atoms with van der Waals surface area (Å²) in [7, 11) is 1.95. The van der Waals surface area contributed by atoms with Crippen molar-refractivity contribution in [2.24, 2.45) is 5.73 Å². The van der Waals surface area contributed by atoms with E-state index < -0.39 is 0 Å². The van der Waals surface area contributed by atoms with Crippen LogP contribution in [0.25, 0.3) is 39.4 Å². The summed E-state index contributed by atoms with van der Waals surface area (Å²) in [5.41, 5.74) is 16.9. The summed E-state index contributed by atoms with van der Waals surface area (Å²) in [6.07, 6.45) is 20.6. The van der Waals surface area contributed by atoms with Crippen molar-refractivity contribution < 1.29 is 0 Å². The number of allylic oxidation sites excluding steroid dienone is 9. The van der Waals surface area contributed by atoms with E-state index in [1.807, 2.05) is 62.5 Å². The van der Waals surface area contributed by atoms with Crippen molar-refractivity contribution >= 4 is 33.9 Å². The van der Waals surface area contributed by atoms with E-state index in [1.54, 1.807) is 0 Å². The van der Waals surface area contributed by atoms with Crippen LogP contribution in [0.2, 0.25) is 0 Å². The lowest BCUT2D eigenvalue weighted by molar-refractivity contribution is 1.22. The van der Waals surface area contributed by atoms with Crippen molar-refractivity contribution in [2.75, 3.05) is 12.4 Å². The first-order valence-electron chi connectivity index (χ1n) is 14.7. The molecule has 0 aliphatic rings. The maximum atomic E-state index is 5.79. The first-order chi connectivity index (χ1) is 20.4. The van der Waals surface area contributed by atoms with Crippen LogP contribution in [0.4, 0.5) is 5.69 Å². The Labute approximate surface area is 252 Å². The molecular weight excluding hydrogens is 510 g/mol. The Bertz CT molecular complexity index is 1610. The van der Waals surface area contributed by atoms with Crippen LogP contribution in [-0.4, -0.2) is 12.0 Å². The molecule has 0 amide bonds. The van der Waals surface area contributed by atoms with Gasteiger partial charge in [-0.2, -0.15) is 0 Å². The van der Waals surface area contributed by atoms with Crippen molar-refractivity contribution in [3.05, 3.63) is 144 Å². The summed E-state index contributed by atoms with van der Waals surface area (Å²) in [6, 6.07) is 23.1. The van der Waals surface area contributed by atoms with Crippen LogP contribution in [-0.2, 0) is 0 Å². The molecule has 0 aliphatic carbocycles. The molecule has 216 valence electrons. The van der Waals surface area contributed by atoms with Gasteiger partial charge in [-0.3, -0.25) is 0 Å². The van der Waals surface area contributed by atoms with Crippen molar-refractivity contribution in [2.45, 2.75) is 40.5 Å². The molecule has 3 aromatic carbocycles. The number of hydrogen-bond donors (Lipinski definition) is 3. The highest BCUT2D eigenvalue weighted by atomic mass is 14.8. The predicted octanol–water partition coefficient (Wildman–Crippen LogP) is 10.7. The third-order valence-electron chi connectivity index (χ3n) is 6.94. The number of nitrogens with two attached hydrogens (primary N) is 1. The highest BCUT2D eigenvalue weighted by Crippen LogP contribution is 2.33. The molecule has 0 radical (unpaired) electrons. The Hall–Kier alpha value is -4.76. The van der Waals surface area contributed by atoms with Gasteiger partial charge in [0.1, 0.15) is 0 Å². The first kappa shape index (κ1) is 31.8. The van der Waals surface area contributed by atoms with Gasteiger partial charge in [-0.25, -0.2) is 0 Å². The molecule has 3 heteroatoms. The summed E-state index contributed by atoms with van der Waals surface area (Å²) in [4.78, 5) is 3.53. The molecule has 1 aromatic heterocycles. The summed E-state index contributed by atoms with van der Waals surface area (Å²) in [6.45, 7) is 12.7. The Balaban J connectivity index is 0.000000337. The molecule has 4 N–H and O–H groups in total. The third kappa shape index (κ3) is 8.62. The first-order valence-corrected chi connectivity index (χ1v) is 14.7. The lowest BCUT2D eigenvalue weighted by Gasteiger charge is -2.12. The van der Waals surface area contributed by atoms with Gasteiger partial charge in [0, 0.05) is 40.6 Å². The minimum Gasteiger partial charge on any atom is -0.398 e. The van der Waals surface area contributed by atoms with E-state index >= 15 is 0 Å². The molecule has 0 fully saturated rings. The van der Waals surface area contributed by atoms with E-state index in [9.17, 15) is 0 Å². The average molecular weight is 556 g/mol. The fourth-order valence-electron chi connectivity index (χ4n) is 4.54. The molecule has 4 rings (SSSR count). The molecule has 0 unspecified atom stereocenters. The van der Waals surface area contributed by atoms with Crippen molar-refractivity contribution in [3.63, 3.8) is 0 Å². The summed E-state index contributed by atoms with van der Waals surface area (Å²) < 4.78 is 0. The number of aromatic amines is 1. The molecule has 0 spiro atoms.